The summed E-state index contributed by atoms with van der Waals surface area (Å²) in [7, 11) is 0. The van der Waals surface area contributed by atoms with Crippen LogP contribution in [0.25, 0.3) is 11.0 Å². The second-order valence-electron chi connectivity index (χ2n) is 5.20. The minimum Gasteiger partial charge on any atom is -0.391 e. The van der Waals surface area contributed by atoms with E-state index >= 15 is 0 Å². The van der Waals surface area contributed by atoms with Gasteiger partial charge in [0.25, 0.3) is 0 Å². The Morgan fingerprint density at radius 1 is 1.26 bits per heavy atom. The van der Waals surface area contributed by atoms with Gasteiger partial charge in [-0.25, -0.2) is 9.97 Å². The van der Waals surface area contributed by atoms with Gasteiger partial charge in [0.1, 0.15) is 0 Å². The van der Waals surface area contributed by atoms with E-state index in [2.05, 4.69) is 16.9 Å². The van der Waals surface area contributed by atoms with Crippen LogP contribution in [0.15, 0.2) is 24.3 Å². The molecule has 3 N–H and O–H groups in total. The number of nitrogens with zero attached hydrogens (tertiary/aromatic N) is 3. The highest BCUT2D eigenvalue weighted by Gasteiger charge is 2.26. The van der Waals surface area contributed by atoms with Crippen molar-refractivity contribution in [1.29, 1.82) is 0 Å². The molecule has 0 radical (unpaired) electrons. The number of piperidine rings is 1. The Morgan fingerprint density at radius 3 is 2.63 bits per heavy atom. The lowest BCUT2D eigenvalue weighted by molar-refractivity contribution is 0.102. The number of hydrogen-bond donors (Lipinski definition) is 2. The Kier molecular flexibility index (Phi) is 2.98. The Labute approximate surface area is 112 Å². The monoisotopic (exact) mass is 258 g/mol. The van der Waals surface area contributed by atoms with Crippen molar-refractivity contribution >= 4 is 22.7 Å². The van der Waals surface area contributed by atoms with Gasteiger partial charge in [0.05, 0.1) is 17.1 Å². The molecule has 0 saturated carbocycles. The maximum Gasteiger partial charge on any atom is 0.172 e. The Balaban J connectivity index is 1.98. The number of fused-ring (bicyclic) bond motifs is 1. The highest BCUT2D eigenvalue weighted by atomic mass is 16.3. The van der Waals surface area contributed by atoms with Crippen LogP contribution in [0, 0.1) is 5.92 Å². The summed E-state index contributed by atoms with van der Waals surface area (Å²) in [6.45, 7) is 3.49. The van der Waals surface area contributed by atoms with Crippen LogP contribution in [0.3, 0.4) is 0 Å². The molecular weight excluding hydrogens is 240 g/mol. The predicted molar refractivity (Wildman–Crippen MR) is 76.0 cm³/mol. The number of hydrogen-bond acceptors (Lipinski definition) is 5. The van der Waals surface area contributed by atoms with Gasteiger partial charge in [0.2, 0.25) is 0 Å². The molecule has 2 unspecified atom stereocenters. The standard InChI is InChI=1S/C14H18N4O/c1-9-6-7-18(8-12(9)19)14-13(15)16-10-4-2-3-5-11(10)17-14/h2-5,9,12,19H,6-8H2,1H3,(H2,15,16). The summed E-state index contributed by atoms with van der Waals surface area (Å²) in [4.78, 5) is 11.0. The number of nitrogen functional groups attached to an aromatic ring is 1. The molecule has 1 aliphatic heterocycles. The van der Waals surface area contributed by atoms with Gasteiger partial charge < -0.3 is 15.7 Å². The number of aliphatic hydroxyl groups is 1. The lowest BCUT2D eigenvalue weighted by atomic mass is 9.96. The first-order valence-corrected chi connectivity index (χ1v) is 6.60. The largest absolute Gasteiger partial charge is 0.391 e. The van der Waals surface area contributed by atoms with Crippen molar-refractivity contribution in [3.05, 3.63) is 24.3 Å². The van der Waals surface area contributed by atoms with E-state index in [0.29, 0.717) is 24.1 Å². The first-order valence-electron chi connectivity index (χ1n) is 6.60. The molecule has 1 aliphatic rings. The SMILES string of the molecule is CC1CCN(c2nc3ccccc3nc2N)CC1O. The second-order valence-corrected chi connectivity index (χ2v) is 5.20. The van der Waals surface area contributed by atoms with Gasteiger partial charge in [-0.1, -0.05) is 19.1 Å². The topological polar surface area (TPSA) is 75.3 Å². The lowest BCUT2D eigenvalue weighted by Gasteiger charge is -2.35. The second kappa shape index (κ2) is 4.66. The summed E-state index contributed by atoms with van der Waals surface area (Å²) in [6.07, 6.45) is 0.608. The summed E-state index contributed by atoms with van der Waals surface area (Å²) in [5, 5.41) is 9.98. The molecule has 1 aromatic carbocycles. The molecule has 0 spiro atoms. The fourth-order valence-corrected chi connectivity index (χ4v) is 2.48. The third-order valence-electron chi connectivity index (χ3n) is 3.80. The average molecular weight is 258 g/mol. The Morgan fingerprint density at radius 2 is 1.95 bits per heavy atom. The smallest absolute Gasteiger partial charge is 0.172 e. The molecule has 1 fully saturated rings. The fraction of sp³-hybridized carbons (Fsp3) is 0.429. The molecule has 2 atom stereocenters. The van der Waals surface area contributed by atoms with Crippen molar-refractivity contribution < 1.29 is 5.11 Å². The van der Waals surface area contributed by atoms with Crippen molar-refractivity contribution in [2.75, 3.05) is 23.7 Å². The van der Waals surface area contributed by atoms with Gasteiger partial charge in [-0.2, -0.15) is 0 Å². The summed E-state index contributed by atoms with van der Waals surface area (Å²) < 4.78 is 0. The van der Waals surface area contributed by atoms with Crippen LogP contribution in [-0.4, -0.2) is 34.3 Å². The van der Waals surface area contributed by atoms with E-state index in [1.165, 1.54) is 0 Å². The number of para-hydroxylation sites is 2. The molecule has 2 heterocycles. The molecule has 2 aromatic rings. The van der Waals surface area contributed by atoms with Gasteiger partial charge in [-0.15, -0.1) is 0 Å². The number of anilines is 2. The van der Waals surface area contributed by atoms with Crippen LogP contribution in [0.4, 0.5) is 11.6 Å². The molecule has 0 aliphatic carbocycles. The van der Waals surface area contributed by atoms with Crippen LogP contribution < -0.4 is 10.6 Å². The number of nitrogens with two attached hydrogens (primary N) is 1. The van der Waals surface area contributed by atoms with Crippen molar-refractivity contribution in [3.8, 4) is 0 Å². The number of aliphatic hydroxyl groups excluding tert-OH is 1. The molecule has 0 bridgehead atoms. The van der Waals surface area contributed by atoms with Gasteiger partial charge in [-0.3, -0.25) is 0 Å². The molecule has 5 nitrogen and oxygen atoms in total. The zero-order valence-corrected chi connectivity index (χ0v) is 11.0. The van der Waals surface area contributed by atoms with Crippen molar-refractivity contribution in [3.63, 3.8) is 0 Å². The Hall–Kier alpha value is -1.88. The van der Waals surface area contributed by atoms with E-state index in [1.54, 1.807) is 0 Å². The summed E-state index contributed by atoms with van der Waals surface area (Å²) in [6, 6.07) is 7.68. The lowest BCUT2D eigenvalue weighted by Crippen LogP contribution is -2.43. The van der Waals surface area contributed by atoms with E-state index in [-0.39, 0.29) is 6.10 Å². The predicted octanol–water partition coefficient (Wildman–Crippen LogP) is 1.42. The number of rotatable bonds is 1. The summed E-state index contributed by atoms with van der Waals surface area (Å²) in [5.41, 5.74) is 7.63. The fourth-order valence-electron chi connectivity index (χ4n) is 2.48. The van der Waals surface area contributed by atoms with Crippen molar-refractivity contribution in [1.82, 2.24) is 9.97 Å². The molecule has 1 saturated heterocycles. The molecule has 3 rings (SSSR count). The zero-order chi connectivity index (χ0) is 13.4. The minimum atomic E-state index is -0.332. The molecule has 1 aromatic heterocycles. The minimum absolute atomic E-state index is 0.325. The molecule has 0 amide bonds. The average Bonchev–Trinajstić information content (AvgIpc) is 2.41. The first kappa shape index (κ1) is 12.2. The van der Waals surface area contributed by atoms with E-state index < -0.39 is 0 Å². The normalized spacial score (nSPS) is 23.8. The quantitative estimate of drug-likeness (QED) is 0.809. The van der Waals surface area contributed by atoms with Gasteiger partial charge in [0.15, 0.2) is 11.6 Å². The summed E-state index contributed by atoms with van der Waals surface area (Å²) >= 11 is 0. The van der Waals surface area contributed by atoms with Crippen LogP contribution in [0.5, 0.6) is 0 Å². The molecule has 100 valence electrons. The highest BCUT2D eigenvalue weighted by molar-refractivity contribution is 5.79. The third kappa shape index (κ3) is 2.21. The highest BCUT2D eigenvalue weighted by Crippen LogP contribution is 2.27. The van der Waals surface area contributed by atoms with Gasteiger partial charge in [0, 0.05) is 13.1 Å². The van der Waals surface area contributed by atoms with E-state index in [1.807, 2.05) is 29.2 Å². The first-order chi connectivity index (χ1) is 9.15. The van der Waals surface area contributed by atoms with E-state index in [4.69, 9.17) is 5.73 Å². The van der Waals surface area contributed by atoms with Gasteiger partial charge in [-0.05, 0) is 24.5 Å². The van der Waals surface area contributed by atoms with E-state index in [9.17, 15) is 5.11 Å². The molecular formula is C14H18N4O. The van der Waals surface area contributed by atoms with Crippen molar-refractivity contribution in [2.45, 2.75) is 19.4 Å². The Bertz CT molecular complexity index is 601. The summed E-state index contributed by atoms with van der Waals surface area (Å²) in [5.74, 6) is 1.44. The van der Waals surface area contributed by atoms with Gasteiger partial charge >= 0.3 is 0 Å². The molecule has 19 heavy (non-hydrogen) atoms. The van der Waals surface area contributed by atoms with Crippen LogP contribution in [-0.2, 0) is 0 Å². The van der Waals surface area contributed by atoms with Crippen molar-refractivity contribution in [2.24, 2.45) is 5.92 Å². The molecule has 5 heteroatoms. The maximum atomic E-state index is 9.98. The van der Waals surface area contributed by atoms with E-state index in [0.717, 1.165) is 24.0 Å². The zero-order valence-electron chi connectivity index (χ0n) is 11.0. The third-order valence-corrected chi connectivity index (χ3v) is 3.80. The van der Waals surface area contributed by atoms with Crippen LogP contribution in [0.1, 0.15) is 13.3 Å². The number of aromatic nitrogens is 2. The maximum absolute atomic E-state index is 9.98. The van der Waals surface area contributed by atoms with Crippen LogP contribution in [0.2, 0.25) is 0 Å². The number of β-amino-alcohol motifs (C(OH)–C–C–N with tert-alkyl or cyclic N) is 1. The number of benzene rings is 1. The van der Waals surface area contributed by atoms with Crippen LogP contribution >= 0.6 is 0 Å².